The summed E-state index contributed by atoms with van der Waals surface area (Å²) in [6.45, 7) is 1.44. The van der Waals surface area contributed by atoms with Gasteiger partial charge in [-0.15, -0.1) is 0 Å². The fraction of sp³-hybridized carbons (Fsp3) is 0.481. The molecule has 3 nitrogen and oxygen atoms in total. The molecule has 0 heterocycles. The van der Waals surface area contributed by atoms with Crippen molar-refractivity contribution < 1.29 is 9.84 Å². The van der Waals surface area contributed by atoms with E-state index in [1.54, 1.807) is 5.57 Å². The van der Waals surface area contributed by atoms with Crippen molar-refractivity contribution in [2.75, 3.05) is 13.2 Å². The Kier molecular flexibility index (Phi) is 4.24. The molecule has 4 aliphatic rings. The number of ether oxygens (including phenoxy) is 1. The van der Waals surface area contributed by atoms with Crippen LogP contribution in [0.25, 0.3) is 5.57 Å². The second-order valence-corrected chi connectivity index (χ2v) is 9.94. The lowest BCUT2D eigenvalue weighted by Gasteiger charge is -2.68. The summed E-state index contributed by atoms with van der Waals surface area (Å²) < 4.78 is 5.90. The summed E-state index contributed by atoms with van der Waals surface area (Å²) in [5, 5.41) is 9.83. The van der Waals surface area contributed by atoms with Gasteiger partial charge in [0, 0.05) is 0 Å². The Labute approximate surface area is 178 Å². The number of rotatable bonds is 7. The van der Waals surface area contributed by atoms with Crippen molar-refractivity contribution in [3.63, 3.8) is 0 Å². The highest BCUT2D eigenvalue weighted by molar-refractivity contribution is 5.85. The van der Waals surface area contributed by atoms with Crippen LogP contribution in [0, 0.1) is 29.1 Å². The van der Waals surface area contributed by atoms with Crippen molar-refractivity contribution in [1.29, 1.82) is 0 Å². The smallest absolute Gasteiger partial charge is 0.119 e. The molecule has 0 aromatic heterocycles. The van der Waals surface area contributed by atoms with E-state index in [0.29, 0.717) is 11.2 Å². The second-order valence-electron chi connectivity index (χ2n) is 9.94. The van der Waals surface area contributed by atoms with Crippen LogP contribution in [-0.4, -0.2) is 18.3 Å². The zero-order valence-electron chi connectivity index (χ0n) is 17.5. The van der Waals surface area contributed by atoms with Crippen LogP contribution in [0.4, 0.5) is 0 Å². The molecule has 5 unspecified atom stereocenters. The Balaban J connectivity index is 1.34. The quantitative estimate of drug-likeness (QED) is 0.613. The summed E-state index contributed by atoms with van der Waals surface area (Å²) in [5.74, 6) is 4.80. The van der Waals surface area contributed by atoms with E-state index in [9.17, 15) is 5.11 Å². The van der Waals surface area contributed by atoms with Gasteiger partial charge in [-0.3, -0.25) is 0 Å². The third-order valence-electron chi connectivity index (χ3n) is 8.61. The normalized spacial score (nSPS) is 34.2. The number of phenols is 1. The molecule has 5 atom stereocenters. The molecule has 0 aliphatic heterocycles. The van der Waals surface area contributed by atoms with Crippen LogP contribution in [0.2, 0.25) is 0 Å². The summed E-state index contributed by atoms with van der Waals surface area (Å²) in [6, 6.07) is 16.5. The number of hydrogen-bond acceptors (Lipinski definition) is 3. The Bertz CT molecular complexity index is 977. The molecule has 4 aliphatic carbocycles. The van der Waals surface area contributed by atoms with E-state index in [4.69, 9.17) is 10.5 Å². The van der Waals surface area contributed by atoms with Crippen molar-refractivity contribution in [1.82, 2.24) is 0 Å². The molecule has 156 valence electrons. The summed E-state index contributed by atoms with van der Waals surface area (Å²) in [5.41, 5.74) is 11.9. The highest BCUT2D eigenvalue weighted by Gasteiger charge is 2.75. The van der Waals surface area contributed by atoms with Crippen molar-refractivity contribution in [2.45, 2.75) is 38.5 Å². The molecule has 1 spiro atoms. The van der Waals surface area contributed by atoms with E-state index in [2.05, 4.69) is 36.4 Å². The molecule has 2 aromatic rings. The Morgan fingerprint density at radius 3 is 2.33 bits per heavy atom. The lowest BCUT2D eigenvalue weighted by atomic mass is 9.35. The van der Waals surface area contributed by atoms with Crippen LogP contribution in [-0.2, 0) is 0 Å². The monoisotopic (exact) mass is 401 g/mol. The predicted molar refractivity (Wildman–Crippen MR) is 119 cm³/mol. The minimum absolute atomic E-state index is 0.332. The highest BCUT2D eigenvalue weighted by atomic mass is 16.5. The number of unbranched alkanes of at least 4 members (excludes halogenated alkanes) is 1. The first-order valence-corrected chi connectivity index (χ1v) is 11.7. The van der Waals surface area contributed by atoms with Gasteiger partial charge in [-0.05, 0) is 115 Å². The number of aromatic hydroxyl groups is 1. The van der Waals surface area contributed by atoms with E-state index in [1.165, 1.54) is 42.4 Å². The molecule has 0 amide bonds. The Morgan fingerprint density at radius 2 is 1.63 bits per heavy atom. The maximum atomic E-state index is 9.83. The Morgan fingerprint density at radius 1 is 0.933 bits per heavy atom. The molecule has 4 fully saturated rings. The average molecular weight is 402 g/mol. The predicted octanol–water partition coefficient (Wildman–Crippen LogP) is 5.38. The number of fused-ring (bicyclic) bond motifs is 1. The van der Waals surface area contributed by atoms with Crippen LogP contribution >= 0.6 is 0 Å². The topological polar surface area (TPSA) is 55.5 Å². The summed E-state index contributed by atoms with van der Waals surface area (Å²) in [7, 11) is 0. The number of allylic oxidation sites excluding steroid dienone is 1. The number of benzene rings is 2. The van der Waals surface area contributed by atoms with Gasteiger partial charge in [0.1, 0.15) is 11.5 Å². The van der Waals surface area contributed by atoms with E-state index >= 15 is 0 Å². The maximum Gasteiger partial charge on any atom is 0.119 e. The fourth-order valence-corrected chi connectivity index (χ4v) is 7.47. The van der Waals surface area contributed by atoms with E-state index in [0.717, 1.165) is 55.4 Å². The molecule has 3 heteroatoms. The van der Waals surface area contributed by atoms with Crippen LogP contribution in [0.1, 0.15) is 49.7 Å². The lowest BCUT2D eigenvalue weighted by Crippen LogP contribution is -2.61. The average Bonchev–Trinajstić information content (AvgIpc) is 3.28. The fourth-order valence-electron chi connectivity index (χ4n) is 7.47. The second kappa shape index (κ2) is 6.88. The first-order chi connectivity index (χ1) is 14.7. The zero-order chi connectivity index (χ0) is 20.3. The molecule has 6 rings (SSSR count). The van der Waals surface area contributed by atoms with Gasteiger partial charge in [0.2, 0.25) is 0 Å². The number of phenolic OH excluding ortho intramolecular Hbond substituents is 1. The summed E-state index contributed by atoms with van der Waals surface area (Å²) in [6.07, 6.45) is 7.76. The minimum Gasteiger partial charge on any atom is -0.508 e. The van der Waals surface area contributed by atoms with E-state index < -0.39 is 0 Å². The third kappa shape index (κ3) is 2.54. The van der Waals surface area contributed by atoms with Gasteiger partial charge in [0.25, 0.3) is 0 Å². The van der Waals surface area contributed by atoms with Crippen LogP contribution in [0.15, 0.2) is 54.1 Å². The van der Waals surface area contributed by atoms with E-state index in [-0.39, 0.29) is 0 Å². The van der Waals surface area contributed by atoms with E-state index in [1.807, 2.05) is 12.1 Å². The van der Waals surface area contributed by atoms with Crippen molar-refractivity contribution in [3.05, 3.63) is 65.2 Å². The van der Waals surface area contributed by atoms with Crippen molar-refractivity contribution in [2.24, 2.45) is 34.8 Å². The highest BCUT2D eigenvalue weighted by Crippen LogP contribution is 2.83. The number of hydrogen-bond donors (Lipinski definition) is 2. The largest absolute Gasteiger partial charge is 0.508 e. The summed E-state index contributed by atoms with van der Waals surface area (Å²) in [4.78, 5) is 0. The number of nitrogens with two attached hydrogens (primary N) is 1. The lowest BCUT2D eigenvalue weighted by molar-refractivity contribution is -0.115. The first kappa shape index (κ1) is 18.5. The van der Waals surface area contributed by atoms with Crippen molar-refractivity contribution >= 4 is 5.57 Å². The van der Waals surface area contributed by atoms with Crippen LogP contribution < -0.4 is 10.5 Å². The molecule has 3 N–H and O–H groups in total. The molecule has 2 bridgehead atoms. The van der Waals surface area contributed by atoms with Gasteiger partial charge in [-0.1, -0.05) is 29.8 Å². The van der Waals surface area contributed by atoms with Crippen LogP contribution in [0.5, 0.6) is 11.5 Å². The zero-order valence-corrected chi connectivity index (χ0v) is 17.5. The maximum absolute atomic E-state index is 9.83. The van der Waals surface area contributed by atoms with Gasteiger partial charge in [-0.2, -0.15) is 0 Å². The van der Waals surface area contributed by atoms with Crippen LogP contribution in [0.3, 0.4) is 0 Å². The first-order valence-electron chi connectivity index (χ1n) is 11.7. The molecule has 0 saturated heterocycles. The molecule has 4 saturated carbocycles. The van der Waals surface area contributed by atoms with Gasteiger partial charge in [0.05, 0.1) is 6.61 Å². The molecule has 0 radical (unpaired) electrons. The minimum atomic E-state index is 0.332. The third-order valence-corrected chi connectivity index (χ3v) is 8.61. The molecule has 2 aromatic carbocycles. The SMILES string of the molecule is NCCCCOc1ccc(/C(=C2\C3CC4CC5CC2C53C4)c2ccc(O)cc2)cc1. The molecule has 30 heavy (non-hydrogen) atoms. The molecular formula is C27H31NO2. The van der Waals surface area contributed by atoms with Gasteiger partial charge in [-0.25, -0.2) is 0 Å². The van der Waals surface area contributed by atoms with Gasteiger partial charge in [0.15, 0.2) is 0 Å². The van der Waals surface area contributed by atoms with Gasteiger partial charge < -0.3 is 15.6 Å². The summed E-state index contributed by atoms with van der Waals surface area (Å²) >= 11 is 0. The standard InChI is InChI=1S/C27H31NO2/c28-11-1-2-12-30-22-9-5-19(6-10-22)25(18-3-7-21(29)8-4-18)26-23-14-17-13-20-15-24(26)27(20,23)16-17/h3-10,17,20,23-24,29H,1-2,11-16,28H2/b26-25+. The van der Waals surface area contributed by atoms with Crippen molar-refractivity contribution in [3.8, 4) is 11.5 Å². The Hall–Kier alpha value is -2.26. The molecular weight excluding hydrogens is 370 g/mol. The van der Waals surface area contributed by atoms with Gasteiger partial charge >= 0.3 is 0 Å².